The van der Waals surface area contributed by atoms with Crippen LogP contribution >= 0.6 is 11.8 Å². The molecule has 1 aromatic carbocycles. The maximum atomic E-state index is 13.1. The van der Waals surface area contributed by atoms with Gasteiger partial charge < -0.3 is 19.2 Å². The predicted molar refractivity (Wildman–Crippen MR) is 142 cm³/mol. The minimum absolute atomic E-state index is 0.118. The Bertz CT molecular complexity index is 1180. The van der Waals surface area contributed by atoms with Gasteiger partial charge in [-0.05, 0) is 44.9 Å². The molecule has 2 heterocycles. The van der Waals surface area contributed by atoms with Gasteiger partial charge in [0.25, 0.3) is 0 Å². The van der Waals surface area contributed by atoms with Gasteiger partial charge in [0, 0.05) is 41.3 Å². The number of rotatable bonds is 11. The van der Waals surface area contributed by atoms with Crippen molar-refractivity contribution in [3.8, 4) is 5.75 Å². The number of thioether (sulfide) groups is 1. The van der Waals surface area contributed by atoms with Crippen LogP contribution in [0.4, 0.5) is 5.69 Å². The summed E-state index contributed by atoms with van der Waals surface area (Å²) < 4.78 is 9.73. The lowest BCUT2D eigenvalue weighted by Crippen LogP contribution is -2.18. The normalized spacial score (nSPS) is 14.1. The zero-order valence-corrected chi connectivity index (χ0v) is 21.7. The molecule has 0 saturated heterocycles. The van der Waals surface area contributed by atoms with Gasteiger partial charge in [-0.15, -0.1) is 16.8 Å². The van der Waals surface area contributed by atoms with Gasteiger partial charge in [0.2, 0.25) is 0 Å². The molecule has 0 bridgehead atoms. The first-order valence-electron chi connectivity index (χ1n) is 12.3. The molecule has 1 fully saturated rings. The molecule has 1 N–H and O–H groups in total. The second kappa shape index (κ2) is 11.6. The Morgan fingerprint density at radius 2 is 2.03 bits per heavy atom. The smallest absolute Gasteiger partial charge is 0.191 e. The molecule has 0 atom stereocenters. The van der Waals surface area contributed by atoms with E-state index in [1.807, 2.05) is 50.3 Å². The fraction of sp³-hybridized carbons (Fsp3) is 0.444. The lowest BCUT2D eigenvalue weighted by Gasteiger charge is -2.25. The van der Waals surface area contributed by atoms with E-state index in [0.717, 1.165) is 52.2 Å². The Morgan fingerprint density at radius 1 is 1.23 bits per heavy atom. The zero-order valence-electron chi connectivity index (χ0n) is 20.9. The molecule has 4 rings (SSSR count). The summed E-state index contributed by atoms with van der Waals surface area (Å²) in [4.78, 5) is 13.1. The maximum Gasteiger partial charge on any atom is 0.191 e. The van der Waals surface area contributed by atoms with E-state index in [2.05, 4.69) is 31.2 Å². The van der Waals surface area contributed by atoms with Crippen molar-refractivity contribution >= 4 is 23.2 Å². The number of nitrogens with one attached hydrogen (secondary N) is 1. The zero-order chi connectivity index (χ0) is 24.8. The van der Waals surface area contributed by atoms with E-state index in [1.54, 1.807) is 7.11 Å². The molecule has 1 saturated carbocycles. The molecule has 0 radical (unpaired) electrons. The number of methoxy groups -OCH3 is 1. The minimum Gasteiger partial charge on any atom is -0.497 e. The van der Waals surface area contributed by atoms with Crippen LogP contribution in [-0.2, 0) is 13.1 Å². The highest BCUT2D eigenvalue weighted by Gasteiger charge is 2.24. The summed E-state index contributed by atoms with van der Waals surface area (Å²) in [7, 11) is 1.67. The van der Waals surface area contributed by atoms with Gasteiger partial charge in [0.15, 0.2) is 16.8 Å². The van der Waals surface area contributed by atoms with Crippen LogP contribution in [0.5, 0.6) is 5.75 Å². The third-order valence-corrected chi connectivity index (χ3v) is 7.66. The molecule has 8 heteroatoms. The van der Waals surface area contributed by atoms with Crippen molar-refractivity contribution in [1.82, 2.24) is 19.3 Å². The largest absolute Gasteiger partial charge is 0.497 e. The Balaban J connectivity index is 1.51. The van der Waals surface area contributed by atoms with Crippen LogP contribution < -0.4 is 10.1 Å². The summed E-state index contributed by atoms with van der Waals surface area (Å²) in [6.45, 7) is 9.13. The first-order chi connectivity index (χ1) is 17.0. The fourth-order valence-corrected chi connectivity index (χ4v) is 5.76. The van der Waals surface area contributed by atoms with E-state index in [-0.39, 0.29) is 5.78 Å². The summed E-state index contributed by atoms with van der Waals surface area (Å²) in [5.41, 5.74) is 3.82. The summed E-state index contributed by atoms with van der Waals surface area (Å²) in [6.07, 6.45) is 7.80. The number of ether oxygens (including phenoxy) is 1. The lowest BCUT2D eigenvalue weighted by molar-refractivity contribution is 0.102. The predicted octanol–water partition coefficient (Wildman–Crippen LogP) is 5.98. The number of carbonyl (C=O) groups excluding carboxylic acids is 1. The summed E-state index contributed by atoms with van der Waals surface area (Å²) in [5, 5.41) is 13.3. The molecule has 0 amide bonds. The first-order valence-corrected chi connectivity index (χ1v) is 13.3. The summed E-state index contributed by atoms with van der Waals surface area (Å²) >= 11 is 1.49. The SMILES string of the molecule is C=CCn1c(C)cc(C(=O)CSc2nnc(CNc3cccc(OC)c3)n2C2CCCCC2)c1C. The molecule has 1 aliphatic rings. The Kier molecular flexibility index (Phi) is 8.33. The fourth-order valence-electron chi connectivity index (χ4n) is 4.85. The first kappa shape index (κ1) is 25.1. The summed E-state index contributed by atoms with van der Waals surface area (Å²) in [5.74, 6) is 2.17. The van der Waals surface area contributed by atoms with Crippen LogP contribution in [0.3, 0.4) is 0 Å². The number of hydrogen-bond acceptors (Lipinski definition) is 6. The highest BCUT2D eigenvalue weighted by Crippen LogP contribution is 2.33. The van der Waals surface area contributed by atoms with Gasteiger partial charge in [0.05, 0.1) is 19.4 Å². The number of aryl methyl sites for hydroxylation is 1. The molecule has 35 heavy (non-hydrogen) atoms. The number of aromatic nitrogens is 4. The van der Waals surface area contributed by atoms with Crippen LogP contribution in [0.2, 0.25) is 0 Å². The molecule has 7 nitrogen and oxygen atoms in total. The summed E-state index contributed by atoms with van der Waals surface area (Å²) in [6, 6.07) is 10.2. The van der Waals surface area contributed by atoms with E-state index in [9.17, 15) is 4.79 Å². The van der Waals surface area contributed by atoms with E-state index in [1.165, 1.54) is 31.0 Å². The molecule has 1 aliphatic carbocycles. The minimum atomic E-state index is 0.118. The number of Topliss-reactive ketones (excluding diaryl/α,β-unsaturated/α-hetero) is 1. The number of benzene rings is 1. The van der Waals surface area contributed by atoms with E-state index in [4.69, 9.17) is 4.74 Å². The van der Waals surface area contributed by atoms with Crippen LogP contribution in [0.25, 0.3) is 0 Å². The van der Waals surface area contributed by atoms with Gasteiger partial charge in [-0.3, -0.25) is 4.79 Å². The van der Waals surface area contributed by atoms with Gasteiger partial charge in [-0.2, -0.15) is 0 Å². The monoisotopic (exact) mass is 493 g/mol. The Labute approximate surface area is 212 Å². The van der Waals surface area contributed by atoms with Crippen LogP contribution in [0.1, 0.15) is 65.7 Å². The third-order valence-electron chi connectivity index (χ3n) is 6.71. The van der Waals surface area contributed by atoms with Crippen molar-refractivity contribution in [2.75, 3.05) is 18.2 Å². The molecule has 0 unspecified atom stereocenters. The van der Waals surface area contributed by atoms with Crippen molar-refractivity contribution < 1.29 is 9.53 Å². The van der Waals surface area contributed by atoms with Crippen molar-refractivity contribution in [3.05, 3.63) is 65.8 Å². The number of allylic oxidation sites excluding steroid dienone is 1. The van der Waals surface area contributed by atoms with E-state index >= 15 is 0 Å². The molecule has 0 aliphatic heterocycles. The van der Waals surface area contributed by atoms with Crippen molar-refractivity contribution in [3.63, 3.8) is 0 Å². The third kappa shape index (κ3) is 5.81. The maximum absolute atomic E-state index is 13.1. The van der Waals surface area contributed by atoms with E-state index in [0.29, 0.717) is 24.9 Å². The Hall–Kier alpha value is -3.00. The number of carbonyl (C=O) groups is 1. The van der Waals surface area contributed by atoms with Gasteiger partial charge in [-0.1, -0.05) is 43.2 Å². The average Bonchev–Trinajstić information content (AvgIpc) is 3.42. The highest BCUT2D eigenvalue weighted by atomic mass is 32.2. The van der Waals surface area contributed by atoms with Crippen molar-refractivity contribution in [1.29, 1.82) is 0 Å². The highest BCUT2D eigenvalue weighted by molar-refractivity contribution is 7.99. The molecule has 186 valence electrons. The second-order valence-corrected chi connectivity index (χ2v) is 9.98. The number of hydrogen-bond donors (Lipinski definition) is 1. The average molecular weight is 494 g/mol. The topological polar surface area (TPSA) is 74.0 Å². The molecule has 0 spiro atoms. The van der Waals surface area contributed by atoms with Crippen LogP contribution in [-0.4, -0.2) is 38.0 Å². The molecular formula is C27H35N5O2S. The van der Waals surface area contributed by atoms with Crippen LogP contribution in [0, 0.1) is 13.8 Å². The van der Waals surface area contributed by atoms with Gasteiger partial charge in [0.1, 0.15) is 5.75 Å². The van der Waals surface area contributed by atoms with Gasteiger partial charge >= 0.3 is 0 Å². The van der Waals surface area contributed by atoms with Gasteiger partial charge in [-0.25, -0.2) is 0 Å². The quantitative estimate of drug-likeness (QED) is 0.201. The molecule has 2 aromatic heterocycles. The standard InChI is InChI=1S/C27H35N5O2S/c1-5-14-31-19(2)15-24(20(31)3)25(33)18-35-27-30-29-26(32(27)22-11-7-6-8-12-22)17-28-21-10-9-13-23(16-21)34-4/h5,9-10,13,15-16,22,28H,1,6-8,11-12,14,17-18H2,2-4H3. The number of anilines is 1. The number of ketones is 1. The number of nitrogens with zero attached hydrogens (tertiary/aromatic N) is 4. The Morgan fingerprint density at radius 3 is 2.77 bits per heavy atom. The van der Waals surface area contributed by atoms with Crippen molar-refractivity contribution in [2.45, 2.75) is 70.2 Å². The second-order valence-electron chi connectivity index (χ2n) is 9.04. The van der Waals surface area contributed by atoms with Crippen LogP contribution in [0.15, 0.2) is 48.1 Å². The van der Waals surface area contributed by atoms with E-state index < -0.39 is 0 Å². The lowest BCUT2D eigenvalue weighted by atomic mass is 9.95. The van der Waals surface area contributed by atoms with Crippen molar-refractivity contribution in [2.24, 2.45) is 0 Å². The molecule has 3 aromatic rings. The molecular weight excluding hydrogens is 458 g/mol.